The lowest BCUT2D eigenvalue weighted by Crippen LogP contribution is -2.50. The highest BCUT2D eigenvalue weighted by molar-refractivity contribution is 7.91. The van der Waals surface area contributed by atoms with Crippen molar-refractivity contribution in [3.05, 3.63) is 30.1 Å². The molecule has 0 aliphatic carbocycles. The van der Waals surface area contributed by atoms with E-state index in [-0.39, 0.29) is 22.3 Å². The summed E-state index contributed by atoms with van der Waals surface area (Å²) in [6.45, 7) is 2.54. The summed E-state index contributed by atoms with van der Waals surface area (Å²) in [6.07, 6.45) is 3.59. The molecule has 2 fully saturated rings. The summed E-state index contributed by atoms with van der Waals surface area (Å²) >= 11 is 0. The molecule has 1 N–H and O–H groups in total. The average Bonchev–Trinajstić information content (AvgIpc) is 2.56. The number of hydrogen-bond donors (Lipinski definition) is 1. The van der Waals surface area contributed by atoms with Crippen molar-refractivity contribution in [1.29, 1.82) is 0 Å². The van der Waals surface area contributed by atoms with Gasteiger partial charge in [-0.1, -0.05) is 0 Å². The molecule has 0 amide bonds. The third-order valence-electron chi connectivity index (χ3n) is 4.87. The van der Waals surface area contributed by atoms with Gasteiger partial charge in [0.05, 0.1) is 16.2 Å². The largest absolute Gasteiger partial charge is 0.381 e. The fraction of sp³-hybridized carbons (Fsp3) is 0.647. The molecule has 0 aromatic heterocycles. The van der Waals surface area contributed by atoms with E-state index in [2.05, 4.69) is 5.32 Å². The first-order valence-corrected chi connectivity index (χ1v) is 10.1. The molecule has 0 bridgehead atoms. The molecule has 2 saturated heterocycles. The fourth-order valence-electron chi connectivity index (χ4n) is 3.45. The van der Waals surface area contributed by atoms with Crippen LogP contribution in [0.1, 0.15) is 25.7 Å². The minimum absolute atomic E-state index is 0.00605. The number of benzene rings is 1. The number of halogens is 1. The summed E-state index contributed by atoms with van der Waals surface area (Å²) in [5.41, 5.74) is -0.107. The number of sulfone groups is 1. The predicted molar refractivity (Wildman–Crippen MR) is 88.2 cm³/mol. The molecule has 1 spiro atoms. The van der Waals surface area contributed by atoms with Gasteiger partial charge in [-0.3, -0.25) is 0 Å². The van der Waals surface area contributed by atoms with Crippen molar-refractivity contribution >= 4 is 9.84 Å². The van der Waals surface area contributed by atoms with Crippen molar-refractivity contribution in [2.75, 3.05) is 32.1 Å². The number of nitrogens with one attached hydrogen (secondary N) is 1. The number of hydrogen-bond acceptors (Lipinski definition) is 5. The molecule has 134 valence electrons. The standard InChI is InChI=1S/C17H24FNO4S/c18-14-1-3-16(4-2-14)24(20,21)12-8-19-15-5-9-23-17(13-15)6-10-22-11-7-17/h1-4,15,19H,5-13H2/t15-/m1/s1. The Hall–Kier alpha value is -1.02. The summed E-state index contributed by atoms with van der Waals surface area (Å²) in [4.78, 5) is 0.165. The Balaban J connectivity index is 1.51. The first kappa shape index (κ1) is 17.8. The molecular formula is C17H24FNO4S. The van der Waals surface area contributed by atoms with Gasteiger partial charge < -0.3 is 14.8 Å². The van der Waals surface area contributed by atoms with Crippen molar-refractivity contribution in [1.82, 2.24) is 5.32 Å². The third kappa shape index (κ3) is 4.33. The minimum atomic E-state index is -3.39. The Morgan fingerprint density at radius 3 is 2.58 bits per heavy atom. The fourth-order valence-corrected chi connectivity index (χ4v) is 4.62. The molecule has 0 unspecified atom stereocenters. The summed E-state index contributed by atoms with van der Waals surface area (Å²) in [7, 11) is -3.39. The first-order chi connectivity index (χ1) is 11.5. The van der Waals surface area contributed by atoms with E-state index in [9.17, 15) is 12.8 Å². The van der Waals surface area contributed by atoms with Gasteiger partial charge in [0.15, 0.2) is 9.84 Å². The van der Waals surface area contributed by atoms with Gasteiger partial charge in [0.25, 0.3) is 0 Å². The second-order valence-corrected chi connectivity index (χ2v) is 8.67. The second-order valence-electron chi connectivity index (χ2n) is 6.56. The van der Waals surface area contributed by atoms with Gasteiger partial charge in [0.2, 0.25) is 0 Å². The molecule has 2 aliphatic rings. The van der Waals surface area contributed by atoms with Gasteiger partial charge in [-0.2, -0.15) is 0 Å². The molecule has 5 nitrogen and oxygen atoms in total. The maximum atomic E-state index is 12.9. The zero-order valence-electron chi connectivity index (χ0n) is 13.7. The van der Waals surface area contributed by atoms with Gasteiger partial charge >= 0.3 is 0 Å². The molecule has 3 rings (SSSR count). The van der Waals surface area contributed by atoms with E-state index < -0.39 is 15.7 Å². The monoisotopic (exact) mass is 357 g/mol. The highest BCUT2D eigenvalue weighted by Crippen LogP contribution is 2.34. The molecule has 2 heterocycles. The molecule has 0 saturated carbocycles. The molecule has 1 aromatic rings. The maximum Gasteiger partial charge on any atom is 0.179 e. The zero-order chi connectivity index (χ0) is 17.0. The Bertz CT molecular complexity index is 636. The van der Waals surface area contributed by atoms with Gasteiger partial charge in [0, 0.05) is 32.4 Å². The quantitative estimate of drug-likeness (QED) is 0.816. The number of ether oxygens (including phenoxy) is 2. The van der Waals surface area contributed by atoms with E-state index in [4.69, 9.17) is 9.47 Å². The molecule has 24 heavy (non-hydrogen) atoms. The van der Waals surface area contributed by atoms with Crippen LogP contribution in [0.5, 0.6) is 0 Å². The van der Waals surface area contributed by atoms with Crippen LogP contribution in [0.25, 0.3) is 0 Å². The van der Waals surface area contributed by atoms with E-state index in [1.165, 1.54) is 24.3 Å². The van der Waals surface area contributed by atoms with Crippen molar-refractivity contribution in [2.24, 2.45) is 0 Å². The molecule has 7 heteroatoms. The second kappa shape index (κ2) is 7.47. The van der Waals surface area contributed by atoms with Gasteiger partial charge in [-0.05, 0) is 49.9 Å². The zero-order valence-corrected chi connectivity index (χ0v) is 14.5. The van der Waals surface area contributed by atoms with E-state index in [0.29, 0.717) is 13.2 Å². The van der Waals surface area contributed by atoms with Crippen molar-refractivity contribution in [3.63, 3.8) is 0 Å². The van der Waals surface area contributed by atoms with Crippen LogP contribution in [0.4, 0.5) is 4.39 Å². The van der Waals surface area contributed by atoms with Crippen molar-refractivity contribution in [2.45, 2.75) is 42.2 Å². The van der Waals surface area contributed by atoms with E-state index in [0.717, 1.165) is 38.9 Å². The SMILES string of the molecule is O=S(=O)(CCN[C@@H]1CCOC2(CCOCC2)C1)c1ccc(F)cc1. The first-order valence-electron chi connectivity index (χ1n) is 8.43. The van der Waals surface area contributed by atoms with Crippen LogP contribution in [0.2, 0.25) is 0 Å². The average molecular weight is 357 g/mol. The normalized spacial score (nSPS) is 24.1. The van der Waals surface area contributed by atoms with Crippen LogP contribution in [-0.4, -0.2) is 52.2 Å². The summed E-state index contributed by atoms with van der Waals surface area (Å²) < 4.78 is 48.9. The summed E-state index contributed by atoms with van der Waals surface area (Å²) in [5, 5.41) is 3.36. The van der Waals surface area contributed by atoms with Gasteiger partial charge in [-0.25, -0.2) is 12.8 Å². The lowest BCUT2D eigenvalue weighted by atomic mass is 9.84. The topological polar surface area (TPSA) is 64.6 Å². The highest BCUT2D eigenvalue weighted by atomic mass is 32.2. The molecule has 1 atom stereocenters. The Morgan fingerprint density at radius 1 is 1.17 bits per heavy atom. The molecule has 0 radical (unpaired) electrons. The van der Waals surface area contributed by atoms with Crippen LogP contribution < -0.4 is 5.32 Å². The van der Waals surface area contributed by atoms with Crippen LogP contribution in [0.15, 0.2) is 29.2 Å². The van der Waals surface area contributed by atoms with Crippen LogP contribution >= 0.6 is 0 Å². The van der Waals surface area contributed by atoms with Crippen molar-refractivity contribution in [3.8, 4) is 0 Å². The minimum Gasteiger partial charge on any atom is -0.381 e. The summed E-state index contributed by atoms with van der Waals surface area (Å²) in [6, 6.07) is 5.24. The molecule has 1 aromatic carbocycles. The Labute approximate surface area is 142 Å². The maximum absolute atomic E-state index is 12.9. The van der Waals surface area contributed by atoms with Gasteiger partial charge in [-0.15, -0.1) is 0 Å². The molecular weight excluding hydrogens is 333 g/mol. The van der Waals surface area contributed by atoms with Crippen LogP contribution in [0.3, 0.4) is 0 Å². The Morgan fingerprint density at radius 2 is 1.88 bits per heavy atom. The van der Waals surface area contributed by atoms with E-state index >= 15 is 0 Å². The lowest BCUT2D eigenvalue weighted by Gasteiger charge is -2.43. The van der Waals surface area contributed by atoms with Crippen LogP contribution in [0, 0.1) is 5.82 Å². The van der Waals surface area contributed by atoms with E-state index in [1.54, 1.807) is 0 Å². The van der Waals surface area contributed by atoms with Crippen LogP contribution in [-0.2, 0) is 19.3 Å². The lowest BCUT2D eigenvalue weighted by molar-refractivity contribution is -0.140. The number of rotatable bonds is 5. The predicted octanol–water partition coefficient (Wildman–Crippen LogP) is 1.92. The third-order valence-corrected chi connectivity index (χ3v) is 6.61. The smallest absolute Gasteiger partial charge is 0.179 e. The Kier molecular flexibility index (Phi) is 5.54. The molecule has 2 aliphatic heterocycles. The summed E-state index contributed by atoms with van der Waals surface area (Å²) in [5.74, 6) is -0.428. The van der Waals surface area contributed by atoms with Crippen molar-refractivity contribution < 1.29 is 22.3 Å². The van der Waals surface area contributed by atoms with Gasteiger partial charge in [0.1, 0.15) is 5.82 Å². The highest BCUT2D eigenvalue weighted by Gasteiger charge is 2.38. The van der Waals surface area contributed by atoms with E-state index in [1.807, 2.05) is 0 Å².